The summed E-state index contributed by atoms with van der Waals surface area (Å²) in [6.07, 6.45) is 0. The van der Waals surface area contributed by atoms with Crippen LogP contribution < -0.4 is 10.6 Å². The van der Waals surface area contributed by atoms with E-state index in [1.807, 2.05) is 6.92 Å². The van der Waals surface area contributed by atoms with Crippen molar-refractivity contribution in [2.45, 2.75) is 26.3 Å². The number of rotatable bonds is 4. The number of nitrogens with one attached hydrogen (secondary N) is 2. The first kappa shape index (κ1) is 15.6. The SMILES string of the molecule is CCNC(C)(C)C(=O)Nc1cc(Cl)c(Cl)cc1Cl. The molecule has 0 atom stereocenters. The predicted octanol–water partition coefficient (Wildman–Crippen LogP) is 3.97. The van der Waals surface area contributed by atoms with Gasteiger partial charge in [0, 0.05) is 0 Å². The molecule has 0 fully saturated rings. The van der Waals surface area contributed by atoms with E-state index in [9.17, 15) is 4.79 Å². The molecular weight excluding hydrogens is 295 g/mol. The van der Waals surface area contributed by atoms with Gasteiger partial charge >= 0.3 is 0 Å². The Balaban J connectivity index is 2.92. The van der Waals surface area contributed by atoms with Gasteiger partial charge in [-0.05, 0) is 32.5 Å². The minimum atomic E-state index is -0.690. The molecule has 0 spiro atoms. The molecule has 2 N–H and O–H groups in total. The van der Waals surface area contributed by atoms with Crippen LogP contribution >= 0.6 is 34.8 Å². The molecule has 100 valence electrons. The molecule has 0 aliphatic rings. The summed E-state index contributed by atoms with van der Waals surface area (Å²) in [5.41, 5.74) is -0.244. The molecule has 0 bridgehead atoms. The summed E-state index contributed by atoms with van der Waals surface area (Å²) >= 11 is 17.7. The Morgan fingerprint density at radius 1 is 1.17 bits per heavy atom. The molecule has 1 aromatic rings. The van der Waals surface area contributed by atoms with Crippen LogP contribution in [0.25, 0.3) is 0 Å². The average Bonchev–Trinajstić information content (AvgIpc) is 2.25. The summed E-state index contributed by atoms with van der Waals surface area (Å²) in [6, 6.07) is 3.04. The quantitative estimate of drug-likeness (QED) is 0.826. The first-order valence-corrected chi connectivity index (χ1v) is 6.62. The Labute approximate surface area is 122 Å². The zero-order valence-electron chi connectivity index (χ0n) is 10.4. The van der Waals surface area contributed by atoms with Gasteiger partial charge in [0.05, 0.1) is 26.3 Å². The standard InChI is InChI=1S/C12H15Cl3N2O/c1-4-16-12(2,3)11(18)17-10-6-8(14)7(13)5-9(10)15/h5-6,16H,4H2,1-3H3,(H,17,18). The van der Waals surface area contributed by atoms with E-state index < -0.39 is 5.54 Å². The van der Waals surface area contributed by atoms with E-state index in [0.29, 0.717) is 27.3 Å². The lowest BCUT2D eigenvalue weighted by Gasteiger charge is -2.24. The maximum Gasteiger partial charge on any atom is 0.244 e. The topological polar surface area (TPSA) is 41.1 Å². The Bertz CT molecular complexity index is 461. The number of benzene rings is 1. The number of likely N-dealkylation sites (N-methyl/N-ethyl adjacent to an activating group) is 1. The van der Waals surface area contributed by atoms with Crippen LogP contribution in [-0.2, 0) is 4.79 Å². The highest BCUT2D eigenvalue weighted by molar-refractivity contribution is 6.44. The first-order chi connectivity index (χ1) is 8.27. The van der Waals surface area contributed by atoms with E-state index in [-0.39, 0.29) is 5.91 Å². The van der Waals surface area contributed by atoms with Gasteiger partial charge in [-0.25, -0.2) is 0 Å². The number of hydrogen-bond donors (Lipinski definition) is 2. The molecule has 0 radical (unpaired) electrons. The van der Waals surface area contributed by atoms with Crippen molar-refractivity contribution in [2.24, 2.45) is 0 Å². The van der Waals surface area contributed by atoms with Crippen LogP contribution in [0.5, 0.6) is 0 Å². The predicted molar refractivity (Wildman–Crippen MR) is 77.9 cm³/mol. The molecule has 3 nitrogen and oxygen atoms in total. The molecule has 1 rings (SSSR count). The molecular formula is C12H15Cl3N2O. The Morgan fingerprint density at radius 3 is 2.28 bits per heavy atom. The molecule has 6 heteroatoms. The minimum Gasteiger partial charge on any atom is -0.323 e. The third-order valence-corrected chi connectivity index (χ3v) is 3.48. The second kappa shape index (κ2) is 6.11. The lowest BCUT2D eigenvalue weighted by atomic mass is 10.0. The van der Waals surface area contributed by atoms with E-state index >= 15 is 0 Å². The molecule has 0 heterocycles. The fraction of sp³-hybridized carbons (Fsp3) is 0.417. The smallest absolute Gasteiger partial charge is 0.244 e. The van der Waals surface area contributed by atoms with Crippen LogP contribution in [0.15, 0.2) is 12.1 Å². The van der Waals surface area contributed by atoms with E-state index in [4.69, 9.17) is 34.8 Å². The summed E-state index contributed by atoms with van der Waals surface area (Å²) < 4.78 is 0. The van der Waals surface area contributed by atoms with Crippen molar-refractivity contribution in [1.29, 1.82) is 0 Å². The lowest BCUT2D eigenvalue weighted by molar-refractivity contribution is -0.121. The van der Waals surface area contributed by atoms with Crippen molar-refractivity contribution in [3.05, 3.63) is 27.2 Å². The number of amides is 1. The molecule has 0 aromatic heterocycles. The molecule has 0 saturated heterocycles. The van der Waals surface area contributed by atoms with Crippen LogP contribution in [0.1, 0.15) is 20.8 Å². The summed E-state index contributed by atoms with van der Waals surface area (Å²) in [5.74, 6) is -0.190. The third-order valence-electron chi connectivity index (χ3n) is 2.44. The molecule has 1 aromatic carbocycles. The fourth-order valence-corrected chi connectivity index (χ4v) is 2.01. The van der Waals surface area contributed by atoms with Crippen LogP contribution in [-0.4, -0.2) is 18.0 Å². The molecule has 0 aliphatic heterocycles. The zero-order valence-corrected chi connectivity index (χ0v) is 12.7. The zero-order chi connectivity index (χ0) is 13.9. The maximum atomic E-state index is 12.1. The summed E-state index contributed by atoms with van der Waals surface area (Å²) in [5, 5.41) is 6.85. The molecule has 0 saturated carbocycles. The third kappa shape index (κ3) is 3.75. The lowest BCUT2D eigenvalue weighted by Crippen LogP contribution is -2.49. The van der Waals surface area contributed by atoms with Gasteiger partial charge in [-0.1, -0.05) is 41.7 Å². The van der Waals surface area contributed by atoms with Crippen molar-refractivity contribution >= 4 is 46.4 Å². The number of carbonyl (C=O) groups is 1. The van der Waals surface area contributed by atoms with Gasteiger partial charge in [0.25, 0.3) is 0 Å². The highest BCUT2D eigenvalue weighted by atomic mass is 35.5. The molecule has 1 amide bonds. The molecule has 0 unspecified atom stereocenters. The van der Waals surface area contributed by atoms with Crippen molar-refractivity contribution in [3.8, 4) is 0 Å². The monoisotopic (exact) mass is 308 g/mol. The number of anilines is 1. The normalized spacial score (nSPS) is 11.4. The minimum absolute atomic E-state index is 0.190. The largest absolute Gasteiger partial charge is 0.323 e. The highest BCUT2D eigenvalue weighted by Crippen LogP contribution is 2.32. The van der Waals surface area contributed by atoms with Gasteiger partial charge in [0.15, 0.2) is 0 Å². The number of hydrogen-bond acceptors (Lipinski definition) is 2. The van der Waals surface area contributed by atoms with Crippen LogP contribution in [0, 0.1) is 0 Å². The first-order valence-electron chi connectivity index (χ1n) is 5.49. The van der Waals surface area contributed by atoms with Gasteiger partial charge in [-0.3, -0.25) is 4.79 Å². The van der Waals surface area contributed by atoms with Crippen molar-refractivity contribution in [1.82, 2.24) is 5.32 Å². The summed E-state index contributed by atoms with van der Waals surface area (Å²) in [6.45, 7) is 6.20. The number of halogens is 3. The fourth-order valence-electron chi connectivity index (χ4n) is 1.42. The number of carbonyl (C=O) groups excluding carboxylic acids is 1. The molecule has 18 heavy (non-hydrogen) atoms. The summed E-state index contributed by atoms with van der Waals surface area (Å²) in [4.78, 5) is 12.1. The van der Waals surface area contributed by atoms with Crippen molar-refractivity contribution in [3.63, 3.8) is 0 Å². The van der Waals surface area contributed by atoms with Gasteiger partial charge in [0.2, 0.25) is 5.91 Å². The Morgan fingerprint density at radius 2 is 1.72 bits per heavy atom. The van der Waals surface area contributed by atoms with E-state index in [0.717, 1.165) is 0 Å². The van der Waals surface area contributed by atoms with Crippen molar-refractivity contribution in [2.75, 3.05) is 11.9 Å². The molecule has 0 aliphatic carbocycles. The summed E-state index contributed by atoms with van der Waals surface area (Å²) in [7, 11) is 0. The van der Waals surface area contributed by atoms with Gasteiger partial charge < -0.3 is 10.6 Å². The highest BCUT2D eigenvalue weighted by Gasteiger charge is 2.26. The van der Waals surface area contributed by atoms with Crippen LogP contribution in [0.4, 0.5) is 5.69 Å². The second-order valence-corrected chi connectivity index (χ2v) is 5.58. The average molecular weight is 310 g/mol. The van der Waals surface area contributed by atoms with Crippen LogP contribution in [0.2, 0.25) is 15.1 Å². The maximum absolute atomic E-state index is 12.1. The van der Waals surface area contributed by atoms with Gasteiger partial charge in [0.1, 0.15) is 0 Å². The Hall–Kier alpha value is -0.480. The van der Waals surface area contributed by atoms with Crippen molar-refractivity contribution < 1.29 is 4.79 Å². The van der Waals surface area contributed by atoms with Crippen LogP contribution in [0.3, 0.4) is 0 Å². The second-order valence-electron chi connectivity index (χ2n) is 4.36. The van der Waals surface area contributed by atoms with Gasteiger partial charge in [-0.15, -0.1) is 0 Å². The van der Waals surface area contributed by atoms with E-state index in [1.165, 1.54) is 12.1 Å². The Kier molecular flexibility index (Phi) is 5.29. The van der Waals surface area contributed by atoms with E-state index in [2.05, 4.69) is 10.6 Å². The van der Waals surface area contributed by atoms with Gasteiger partial charge in [-0.2, -0.15) is 0 Å². The van der Waals surface area contributed by atoms with E-state index in [1.54, 1.807) is 13.8 Å².